The fourth-order valence-corrected chi connectivity index (χ4v) is 2.18. The third kappa shape index (κ3) is 5.34. The lowest BCUT2D eigenvalue weighted by Crippen LogP contribution is -2.33. The quantitative estimate of drug-likeness (QED) is 0.777. The normalized spacial score (nSPS) is 12.7. The van der Waals surface area contributed by atoms with E-state index in [9.17, 15) is 4.39 Å². The Balaban J connectivity index is 2.55. The molecular weight excluding hydrogens is 308 g/mol. The Kier molecular flexibility index (Phi) is 7.04. The maximum absolute atomic E-state index is 13.5. The van der Waals surface area contributed by atoms with Crippen molar-refractivity contribution in [2.45, 2.75) is 19.0 Å². The number of nitrogens with one attached hydrogen (secondary N) is 1. The molecule has 0 aliphatic heterocycles. The maximum atomic E-state index is 13.5. The third-order valence-corrected chi connectivity index (χ3v) is 3.13. The highest BCUT2D eigenvalue weighted by Crippen LogP contribution is 2.15. The number of hydrogen-bond donors (Lipinski definition) is 1. The van der Waals surface area contributed by atoms with E-state index in [-0.39, 0.29) is 11.9 Å². The second-order valence-electron chi connectivity index (χ2n) is 3.75. The van der Waals surface area contributed by atoms with Crippen molar-refractivity contribution in [1.82, 2.24) is 5.32 Å². The van der Waals surface area contributed by atoms with E-state index in [0.717, 1.165) is 10.9 Å². The Hall–Kier alpha value is -0.160. The molecule has 2 nitrogen and oxygen atoms in total. The molecule has 96 valence electrons. The molecule has 5 heteroatoms. The van der Waals surface area contributed by atoms with Crippen LogP contribution in [0.4, 0.5) is 4.39 Å². The van der Waals surface area contributed by atoms with Crippen LogP contribution in [0.3, 0.4) is 0 Å². The number of halogens is 3. The third-order valence-electron chi connectivity index (χ3n) is 2.41. The summed E-state index contributed by atoms with van der Waals surface area (Å²) in [5.74, 6) is 0.352. The summed E-state index contributed by atoms with van der Waals surface area (Å²) in [7, 11) is 1.64. The first-order chi connectivity index (χ1) is 8.17. The second-order valence-corrected chi connectivity index (χ2v) is 5.04. The zero-order valence-corrected chi connectivity index (χ0v) is 12.0. The lowest BCUT2D eigenvalue weighted by atomic mass is 10.2. The van der Waals surface area contributed by atoms with Gasteiger partial charge in [0.25, 0.3) is 0 Å². The van der Waals surface area contributed by atoms with E-state index in [1.165, 1.54) is 6.07 Å². The highest BCUT2D eigenvalue weighted by atomic mass is 79.9. The summed E-state index contributed by atoms with van der Waals surface area (Å²) in [4.78, 5) is 0. The van der Waals surface area contributed by atoms with E-state index < -0.39 is 0 Å². The van der Waals surface area contributed by atoms with Gasteiger partial charge in [-0.25, -0.2) is 4.39 Å². The number of benzene rings is 1. The predicted molar refractivity (Wildman–Crippen MR) is 71.9 cm³/mol. The summed E-state index contributed by atoms with van der Waals surface area (Å²) in [6.07, 6.45) is 0.797. The van der Waals surface area contributed by atoms with Crippen LogP contribution in [0.15, 0.2) is 22.7 Å². The molecular formula is C12H16BrClFNO. The smallest absolute Gasteiger partial charge is 0.127 e. The molecule has 1 rings (SSSR count). The van der Waals surface area contributed by atoms with Crippen molar-refractivity contribution in [2.24, 2.45) is 0 Å². The first-order valence-electron chi connectivity index (χ1n) is 5.39. The van der Waals surface area contributed by atoms with E-state index in [1.807, 2.05) is 0 Å². The van der Waals surface area contributed by atoms with Gasteiger partial charge in [0.05, 0.1) is 6.61 Å². The van der Waals surface area contributed by atoms with Crippen molar-refractivity contribution >= 4 is 27.5 Å². The van der Waals surface area contributed by atoms with E-state index >= 15 is 0 Å². The summed E-state index contributed by atoms with van der Waals surface area (Å²) >= 11 is 9.02. The van der Waals surface area contributed by atoms with E-state index in [2.05, 4.69) is 21.2 Å². The van der Waals surface area contributed by atoms with Gasteiger partial charge in [0.15, 0.2) is 0 Å². The fourth-order valence-electron chi connectivity index (χ4n) is 1.51. The molecule has 0 saturated carbocycles. The van der Waals surface area contributed by atoms with Gasteiger partial charge in [0.2, 0.25) is 0 Å². The van der Waals surface area contributed by atoms with Crippen LogP contribution in [0.1, 0.15) is 12.0 Å². The molecule has 1 N–H and O–H groups in total. The Morgan fingerprint density at radius 3 is 2.94 bits per heavy atom. The van der Waals surface area contributed by atoms with E-state index in [4.69, 9.17) is 16.3 Å². The van der Waals surface area contributed by atoms with Gasteiger partial charge in [-0.2, -0.15) is 0 Å². The molecule has 0 aromatic heterocycles. The molecule has 1 atom stereocenters. The van der Waals surface area contributed by atoms with Gasteiger partial charge >= 0.3 is 0 Å². The SMILES string of the molecule is COCC(CCCl)NCc1cc(Br)ccc1F. The van der Waals surface area contributed by atoms with Crippen LogP contribution in [-0.2, 0) is 11.3 Å². The van der Waals surface area contributed by atoms with Crippen LogP contribution >= 0.6 is 27.5 Å². The molecule has 1 unspecified atom stereocenters. The van der Waals surface area contributed by atoms with Crippen molar-refractivity contribution < 1.29 is 9.13 Å². The Labute approximate surface area is 115 Å². The van der Waals surface area contributed by atoms with Gasteiger partial charge < -0.3 is 10.1 Å². The van der Waals surface area contributed by atoms with Gasteiger partial charge in [-0.15, -0.1) is 11.6 Å². The average Bonchev–Trinajstić information content (AvgIpc) is 2.30. The number of hydrogen-bond acceptors (Lipinski definition) is 2. The molecule has 0 fully saturated rings. The molecule has 0 bridgehead atoms. The highest BCUT2D eigenvalue weighted by molar-refractivity contribution is 9.10. The number of ether oxygens (including phenoxy) is 1. The lowest BCUT2D eigenvalue weighted by Gasteiger charge is -2.17. The monoisotopic (exact) mass is 323 g/mol. The molecule has 0 radical (unpaired) electrons. The highest BCUT2D eigenvalue weighted by Gasteiger charge is 2.09. The van der Waals surface area contributed by atoms with Crippen LogP contribution < -0.4 is 5.32 Å². The summed E-state index contributed by atoms with van der Waals surface area (Å²) in [6.45, 7) is 1.04. The first-order valence-corrected chi connectivity index (χ1v) is 6.72. The topological polar surface area (TPSA) is 21.3 Å². The van der Waals surface area contributed by atoms with Crippen molar-refractivity contribution in [3.63, 3.8) is 0 Å². The Morgan fingerprint density at radius 2 is 2.29 bits per heavy atom. The number of methoxy groups -OCH3 is 1. The second kappa shape index (κ2) is 8.03. The zero-order chi connectivity index (χ0) is 12.7. The van der Waals surface area contributed by atoms with Crippen LogP contribution in [0.5, 0.6) is 0 Å². The molecule has 0 aliphatic carbocycles. The van der Waals surface area contributed by atoms with Gasteiger partial charge in [-0.3, -0.25) is 0 Å². The molecule has 0 spiro atoms. The van der Waals surface area contributed by atoms with Gasteiger partial charge in [-0.1, -0.05) is 15.9 Å². The maximum Gasteiger partial charge on any atom is 0.127 e. The minimum absolute atomic E-state index is 0.149. The zero-order valence-electron chi connectivity index (χ0n) is 9.68. The van der Waals surface area contributed by atoms with Gasteiger partial charge in [0.1, 0.15) is 5.82 Å². The molecule has 0 aliphatic rings. The summed E-state index contributed by atoms with van der Waals surface area (Å²) in [6, 6.07) is 5.06. The average molecular weight is 325 g/mol. The minimum Gasteiger partial charge on any atom is -0.383 e. The fraction of sp³-hybridized carbons (Fsp3) is 0.500. The van der Waals surface area contributed by atoms with Gasteiger partial charge in [0, 0.05) is 35.6 Å². The van der Waals surface area contributed by atoms with Crippen LogP contribution in [0.25, 0.3) is 0 Å². The van der Waals surface area contributed by atoms with Crippen LogP contribution in [0.2, 0.25) is 0 Å². The van der Waals surface area contributed by atoms with Gasteiger partial charge in [-0.05, 0) is 24.6 Å². The molecule has 17 heavy (non-hydrogen) atoms. The van der Waals surface area contributed by atoms with Crippen molar-refractivity contribution in [1.29, 1.82) is 0 Å². The molecule has 1 aromatic carbocycles. The molecule has 0 amide bonds. The molecule has 1 aromatic rings. The summed E-state index contributed by atoms with van der Waals surface area (Å²) in [5, 5.41) is 3.24. The first kappa shape index (κ1) is 14.9. The minimum atomic E-state index is -0.206. The summed E-state index contributed by atoms with van der Waals surface area (Å²) in [5.41, 5.74) is 0.634. The molecule has 0 saturated heterocycles. The number of rotatable bonds is 7. The number of alkyl halides is 1. The summed E-state index contributed by atoms with van der Waals surface area (Å²) < 4.78 is 19.4. The lowest BCUT2D eigenvalue weighted by molar-refractivity contribution is 0.164. The Bertz CT molecular complexity index is 345. The Morgan fingerprint density at radius 1 is 1.53 bits per heavy atom. The molecule has 0 heterocycles. The predicted octanol–water partition coefficient (Wildman–Crippen LogP) is 3.32. The van der Waals surface area contributed by atoms with E-state index in [1.54, 1.807) is 19.2 Å². The van der Waals surface area contributed by atoms with E-state index in [0.29, 0.717) is 24.6 Å². The van der Waals surface area contributed by atoms with Crippen LogP contribution in [-0.4, -0.2) is 25.6 Å². The van der Waals surface area contributed by atoms with Crippen molar-refractivity contribution in [2.75, 3.05) is 19.6 Å². The van der Waals surface area contributed by atoms with Crippen molar-refractivity contribution in [3.8, 4) is 0 Å². The van der Waals surface area contributed by atoms with Crippen LogP contribution in [0, 0.1) is 5.82 Å². The largest absolute Gasteiger partial charge is 0.383 e. The standard InChI is InChI=1S/C12H16BrClFNO/c1-17-8-11(4-5-14)16-7-9-6-10(13)2-3-12(9)15/h2-3,6,11,16H,4-5,7-8H2,1H3. The van der Waals surface area contributed by atoms with Crippen molar-refractivity contribution in [3.05, 3.63) is 34.1 Å².